The van der Waals surface area contributed by atoms with Crippen LogP contribution in [0.1, 0.15) is 11.1 Å². The summed E-state index contributed by atoms with van der Waals surface area (Å²) < 4.78 is 5.42. The molecule has 1 N–H and O–H groups in total. The number of carbonyl (C=O) groups excluding carboxylic acids is 1. The fourth-order valence-corrected chi connectivity index (χ4v) is 3.52. The lowest BCUT2D eigenvalue weighted by Crippen LogP contribution is -3.15. The van der Waals surface area contributed by atoms with E-state index >= 15 is 0 Å². The van der Waals surface area contributed by atoms with E-state index in [1.807, 2.05) is 48.2 Å². The zero-order chi connectivity index (χ0) is 18.1. The van der Waals surface area contributed by atoms with Crippen molar-refractivity contribution in [2.75, 3.05) is 37.9 Å². The van der Waals surface area contributed by atoms with E-state index in [0.717, 1.165) is 43.1 Å². The van der Waals surface area contributed by atoms with Gasteiger partial charge in [0.2, 0.25) is 0 Å². The Labute approximate surface area is 157 Å². The van der Waals surface area contributed by atoms with Gasteiger partial charge in [-0.15, -0.1) is 0 Å². The van der Waals surface area contributed by atoms with Gasteiger partial charge in [-0.05, 0) is 30.7 Å². The molecule has 26 heavy (non-hydrogen) atoms. The van der Waals surface area contributed by atoms with Gasteiger partial charge < -0.3 is 9.64 Å². The molecule has 4 rings (SSSR count). The van der Waals surface area contributed by atoms with Crippen LogP contribution in [-0.4, -0.2) is 44.6 Å². The minimum Gasteiger partial charge on any atom is -0.370 e. The van der Waals surface area contributed by atoms with Gasteiger partial charge in [-0.25, -0.2) is 4.99 Å². The number of nitrogens with zero attached hydrogens (tertiary/aromatic N) is 2. The van der Waals surface area contributed by atoms with Crippen LogP contribution in [-0.2, 0) is 9.53 Å². The topological polar surface area (TPSA) is 46.3 Å². The molecule has 0 aliphatic carbocycles. The fraction of sp³-hybridized carbons (Fsp3) is 0.300. The zero-order valence-electron chi connectivity index (χ0n) is 14.7. The van der Waals surface area contributed by atoms with Crippen molar-refractivity contribution in [3.63, 3.8) is 0 Å². The maximum atomic E-state index is 13.1. The Morgan fingerprint density at radius 1 is 1.19 bits per heavy atom. The second-order valence-corrected chi connectivity index (χ2v) is 7.07. The van der Waals surface area contributed by atoms with E-state index in [4.69, 9.17) is 16.3 Å². The lowest BCUT2D eigenvalue weighted by Gasteiger charge is -2.27. The van der Waals surface area contributed by atoms with Crippen LogP contribution in [0.3, 0.4) is 0 Å². The van der Waals surface area contributed by atoms with E-state index in [1.54, 1.807) is 6.07 Å². The first-order chi connectivity index (χ1) is 12.6. The van der Waals surface area contributed by atoms with Crippen LogP contribution in [0.2, 0.25) is 5.02 Å². The number of rotatable bonds is 3. The molecule has 2 aliphatic rings. The highest BCUT2D eigenvalue weighted by Gasteiger charge is 2.36. The Morgan fingerprint density at radius 3 is 2.73 bits per heavy atom. The summed E-state index contributed by atoms with van der Waals surface area (Å²) >= 11 is 6.21. The SMILES string of the molecule is Cc1ccc(N=C2C(=O)N(C[NH+]3CCOCC3)c3ccccc32)cc1Cl. The molecule has 0 unspecified atom stereocenters. The van der Waals surface area contributed by atoms with Crippen molar-refractivity contribution in [3.8, 4) is 0 Å². The van der Waals surface area contributed by atoms with Crippen LogP contribution in [0.5, 0.6) is 0 Å². The van der Waals surface area contributed by atoms with E-state index in [9.17, 15) is 4.79 Å². The molecule has 0 aromatic heterocycles. The number of anilines is 1. The molecule has 1 amide bonds. The third-order valence-electron chi connectivity index (χ3n) is 4.88. The van der Waals surface area contributed by atoms with Crippen molar-refractivity contribution in [1.29, 1.82) is 0 Å². The number of ether oxygens (including phenoxy) is 1. The highest BCUT2D eigenvalue weighted by molar-refractivity contribution is 6.54. The molecule has 1 fully saturated rings. The number of quaternary nitrogens is 1. The Hall–Kier alpha value is -2.21. The maximum absolute atomic E-state index is 13.1. The second-order valence-electron chi connectivity index (χ2n) is 6.66. The van der Waals surface area contributed by atoms with E-state index in [-0.39, 0.29) is 5.91 Å². The number of aryl methyl sites for hydroxylation is 1. The van der Waals surface area contributed by atoms with E-state index in [0.29, 0.717) is 23.1 Å². The first-order valence-electron chi connectivity index (χ1n) is 8.81. The summed E-state index contributed by atoms with van der Waals surface area (Å²) in [5, 5.41) is 0.653. The molecule has 2 heterocycles. The molecule has 0 atom stereocenters. The summed E-state index contributed by atoms with van der Waals surface area (Å²) in [4.78, 5) is 20.9. The lowest BCUT2D eigenvalue weighted by molar-refractivity contribution is -0.906. The first kappa shape index (κ1) is 17.2. The van der Waals surface area contributed by atoms with Crippen LogP contribution in [0, 0.1) is 6.92 Å². The number of amides is 1. The number of benzene rings is 2. The summed E-state index contributed by atoms with van der Waals surface area (Å²) in [6.45, 7) is 5.87. The van der Waals surface area contributed by atoms with E-state index < -0.39 is 0 Å². The van der Waals surface area contributed by atoms with Crippen molar-refractivity contribution < 1.29 is 14.4 Å². The first-order valence-corrected chi connectivity index (χ1v) is 9.19. The number of nitrogens with one attached hydrogen (secondary N) is 1. The molecule has 0 radical (unpaired) electrons. The van der Waals surface area contributed by atoms with Gasteiger partial charge in [-0.3, -0.25) is 9.69 Å². The highest BCUT2D eigenvalue weighted by atomic mass is 35.5. The summed E-state index contributed by atoms with van der Waals surface area (Å²) in [6.07, 6.45) is 0. The molecule has 6 heteroatoms. The standard InChI is InChI=1S/C20H20ClN3O2/c1-14-6-7-15(12-17(14)21)22-19-16-4-2-3-5-18(16)24(20(19)25)13-23-8-10-26-11-9-23/h2-7,12H,8-11,13H2,1H3/p+1. The maximum Gasteiger partial charge on any atom is 0.281 e. The average Bonchev–Trinajstić information content (AvgIpc) is 2.92. The minimum atomic E-state index is -0.0538. The van der Waals surface area contributed by atoms with Crippen molar-refractivity contribution >= 4 is 34.6 Å². The summed E-state index contributed by atoms with van der Waals surface area (Å²) in [5.74, 6) is -0.0538. The van der Waals surface area contributed by atoms with Gasteiger partial charge in [0.05, 0.1) is 24.6 Å². The summed E-state index contributed by atoms with van der Waals surface area (Å²) in [6, 6.07) is 13.4. The predicted molar refractivity (Wildman–Crippen MR) is 103 cm³/mol. The Morgan fingerprint density at radius 2 is 1.96 bits per heavy atom. The van der Waals surface area contributed by atoms with Crippen LogP contribution < -0.4 is 9.80 Å². The predicted octanol–water partition coefficient (Wildman–Crippen LogP) is 1.99. The average molecular weight is 371 g/mol. The van der Waals surface area contributed by atoms with Gasteiger partial charge in [-0.2, -0.15) is 0 Å². The third-order valence-corrected chi connectivity index (χ3v) is 5.28. The van der Waals surface area contributed by atoms with Gasteiger partial charge in [-0.1, -0.05) is 35.9 Å². The number of carbonyl (C=O) groups is 1. The highest BCUT2D eigenvalue weighted by Crippen LogP contribution is 2.31. The quantitative estimate of drug-likeness (QED) is 0.898. The molecule has 2 aromatic carbocycles. The number of halogens is 1. The monoisotopic (exact) mass is 370 g/mol. The molecule has 2 aromatic rings. The lowest BCUT2D eigenvalue weighted by atomic mass is 10.1. The molecule has 0 bridgehead atoms. The number of para-hydroxylation sites is 1. The number of morpholine rings is 1. The minimum absolute atomic E-state index is 0.0538. The van der Waals surface area contributed by atoms with Gasteiger partial charge >= 0.3 is 0 Å². The van der Waals surface area contributed by atoms with Crippen LogP contribution >= 0.6 is 11.6 Å². The Kier molecular flexibility index (Phi) is 4.76. The zero-order valence-corrected chi connectivity index (χ0v) is 15.4. The Bertz CT molecular complexity index is 875. The van der Waals surface area contributed by atoms with Gasteiger partial charge in [0.25, 0.3) is 5.91 Å². The van der Waals surface area contributed by atoms with Gasteiger partial charge in [0.15, 0.2) is 6.67 Å². The smallest absolute Gasteiger partial charge is 0.281 e. The molecule has 134 valence electrons. The molecular weight excluding hydrogens is 350 g/mol. The van der Waals surface area contributed by atoms with Gasteiger partial charge in [0.1, 0.15) is 18.8 Å². The van der Waals surface area contributed by atoms with Crippen molar-refractivity contribution in [2.24, 2.45) is 4.99 Å². The van der Waals surface area contributed by atoms with E-state index in [1.165, 1.54) is 4.90 Å². The number of hydrogen-bond donors (Lipinski definition) is 1. The second kappa shape index (κ2) is 7.19. The number of hydrogen-bond acceptors (Lipinski definition) is 3. The molecular formula is C20H21ClN3O2+. The number of fused-ring (bicyclic) bond motifs is 1. The summed E-state index contributed by atoms with van der Waals surface area (Å²) in [5.41, 5.74) is 3.97. The van der Waals surface area contributed by atoms with Gasteiger partial charge in [0, 0.05) is 10.6 Å². The summed E-state index contributed by atoms with van der Waals surface area (Å²) in [7, 11) is 0. The third kappa shape index (κ3) is 3.26. The van der Waals surface area contributed by atoms with Crippen LogP contribution in [0.25, 0.3) is 0 Å². The van der Waals surface area contributed by atoms with Crippen LogP contribution in [0.4, 0.5) is 11.4 Å². The number of aliphatic imine (C=N–C) groups is 1. The largest absolute Gasteiger partial charge is 0.370 e. The normalized spacial score (nSPS) is 19.2. The molecule has 5 nitrogen and oxygen atoms in total. The van der Waals surface area contributed by atoms with E-state index in [2.05, 4.69) is 4.99 Å². The molecule has 2 aliphatic heterocycles. The Balaban J connectivity index is 1.68. The van der Waals surface area contributed by atoms with Crippen molar-refractivity contribution in [2.45, 2.75) is 6.92 Å². The molecule has 0 spiro atoms. The van der Waals surface area contributed by atoms with Crippen molar-refractivity contribution in [3.05, 3.63) is 58.6 Å². The molecule has 0 saturated carbocycles. The van der Waals surface area contributed by atoms with Crippen LogP contribution in [0.15, 0.2) is 47.5 Å². The molecule has 1 saturated heterocycles. The van der Waals surface area contributed by atoms with Crippen molar-refractivity contribution in [1.82, 2.24) is 0 Å². The fourth-order valence-electron chi connectivity index (χ4n) is 3.35.